The van der Waals surface area contributed by atoms with Crippen molar-refractivity contribution in [2.75, 3.05) is 0 Å². The molecule has 0 aliphatic heterocycles. The van der Waals surface area contributed by atoms with Gasteiger partial charge in [-0.15, -0.1) is 0 Å². The Morgan fingerprint density at radius 1 is 1.11 bits per heavy atom. The van der Waals surface area contributed by atoms with Crippen LogP contribution in [0, 0.1) is 5.92 Å². The topological polar surface area (TPSA) is 55.4 Å². The van der Waals surface area contributed by atoms with Gasteiger partial charge in [-0.25, -0.2) is 0 Å². The van der Waals surface area contributed by atoms with Gasteiger partial charge in [-0.2, -0.15) is 0 Å². The van der Waals surface area contributed by atoms with Crippen LogP contribution in [-0.4, -0.2) is 18.0 Å². The van der Waals surface area contributed by atoms with E-state index in [9.17, 15) is 9.59 Å². The first-order valence-corrected chi connectivity index (χ1v) is 6.41. The van der Waals surface area contributed by atoms with Gasteiger partial charge in [0.15, 0.2) is 0 Å². The molecule has 4 heteroatoms. The van der Waals surface area contributed by atoms with Crippen LogP contribution in [0.4, 0.5) is 0 Å². The highest BCUT2D eigenvalue weighted by atomic mass is 16.5. The highest BCUT2D eigenvalue weighted by Crippen LogP contribution is 2.25. The number of rotatable bonds is 5. The fourth-order valence-corrected chi connectivity index (χ4v) is 2.02. The summed E-state index contributed by atoms with van der Waals surface area (Å²) in [6.07, 6.45) is -0.385. The lowest BCUT2D eigenvalue weighted by molar-refractivity contribution is -0.151. The number of esters is 1. The van der Waals surface area contributed by atoms with Gasteiger partial charge >= 0.3 is 5.97 Å². The number of amides is 1. The summed E-state index contributed by atoms with van der Waals surface area (Å²) in [6.45, 7) is 6.77. The highest BCUT2D eigenvalue weighted by molar-refractivity contribution is 5.73. The van der Waals surface area contributed by atoms with Gasteiger partial charge in [0.05, 0.1) is 6.04 Å². The summed E-state index contributed by atoms with van der Waals surface area (Å²) in [7, 11) is 0. The Bertz CT molecular complexity index is 428. The summed E-state index contributed by atoms with van der Waals surface area (Å²) < 4.78 is 5.38. The Morgan fingerprint density at radius 2 is 1.68 bits per heavy atom. The zero-order valence-electron chi connectivity index (χ0n) is 11.8. The second-order valence-corrected chi connectivity index (χ2v) is 4.91. The summed E-state index contributed by atoms with van der Waals surface area (Å²) in [4.78, 5) is 22.6. The van der Waals surface area contributed by atoms with Crippen LogP contribution in [0.5, 0.6) is 0 Å². The van der Waals surface area contributed by atoms with Gasteiger partial charge in [-0.1, -0.05) is 44.2 Å². The molecule has 1 aromatic carbocycles. The molecule has 0 radical (unpaired) electrons. The molecule has 0 fully saturated rings. The molecule has 1 rings (SSSR count). The van der Waals surface area contributed by atoms with E-state index in [1.54, 1.807) is 0 Å². The standard InChI is InChI=1S/C15H21NO3/c1-10(2)15(19-12(4)18)14(16-11(3)17)13-8-6-5-7-9-13/h5-10,14-15H,1-4H3,(H,16,17)/t14-,15+/m0/s1. The zero-order chi connectivity index (χ0) is 14.4. The Hall–Kier alpha value is -1.84. The minimum atomic E-state index is -0.385. The maximum absolute atomic E-state index is 11.4. The SMILES string of the molecule is CC(=O)N[C@@H](c1ccccc1)[C@H](OC(C)=O)C(C)C. The number of carbonyl (C=O) groups is 2. The predicted molar refractivity (Wildman–Crippen MR) is 73.4 cm³/mol. The molecule has 0 aliphatic carbocycles. The molecule has 0 aromatic heterocycles. The quantitative estimate of drug-likeness (QED) is 0.830. The number of ether oxygens (including phenoxy) is 1. The first-order valence-electron chi connectivity index (χ1n) is 6.41. The van der Waals surface area contributed by atoms with Crippen molar-refractivity contribution in [1.82, 2.24) is 5.32 Å². The lowest BCUT2D eigenvalue weighted by Gasteiger charge is -2.30. The molecular weight excluding hydrogens is 242 g/mol. The minimum absolute atomic E-state index is 0.0981. The van der Waals surface area contributed by atoms with Crippen LogP contribution in [0.3, 0.4) is 0 Å². The number of hydrogen-bond acceptors (Lipinski definition) is 3. The van der Waals surface area contributed by atoms with Crippen LogP contribution >= 0.6 is 0 Å². The number of hydrogen-bond donors (Lipinski definition) is 1. The molecule has 1 N–H and O–H groups in total. The fourth-order valence-electron chi connectivity index (χ4n) is 2.02. The first-order chi connectivity index (χ1) is 8.91. The van der Waals surface area contributed by atoms with Gasteiger partial charge in [0, 0.05) is 13.8 Å². The van der Waals surface area contributed by atoms with Crippen molar-refractivity contribution in [3.63, 3.8) is 0 Å². The minimum Gasteiger partial charge on any atom is -0.460 e. The van der Waals surface area contributed by atoms with Gasteiger partial charge in [0.25, 0.3) is 0 Å². The summed E-state index contributed by atoms with van der Waals surface area (Å²) in [5.74, 6) is -0.391. The molecule has 1 amide bonds. The molecule has 0 spiro atoms. The van der Waals surface area contributed by atoms with E-state index < -0.39 is 0 Å². The molecule has 0 unspecified atom stereocenters. The van der Waals surface area contributed by atoms with Crippen LogP contribution < -0.4 is 5.32 Å². The Kier molecular flexibility index (Phi) is 5.55. The monoisotopic (exact) mass is 263 g/mol. The molecule has 0 saturated carbocycles. The normalized spacial score (nSPS) is 13.7. The summed E-state index contributed by atoms with van der Waals surface area (Å²) in [5, 5.41) is 2.87. The van der Waals surface area contributed by atoms with E-state index >= 15 is 0 Å². The smallest absolute Gasteiger partial charge is 0.302 e. The third-order valence-electron chi connectivity index (χ3n) is 2.81. The molecule has 4 nitrogen and oxygen atoms in total. The van der Waals surface area contributed by atoms with Crippen molar-refractivity contribution < 1.29 is 14.3 Å². The Labute approximate surface area is 114 Å². The van der Waals surface area contributed by atoms with Crippen LogP contribution in [0.1, 0.15) is 39.3 Å². The molecule has 0 heterocycles. The Morgan fingerprint density at radius 3 is 2.11 bits per heavy atom. The third kappa shape index (κ3) is 4.73. The molecule has 0 saturated heterocycles. The summed E-state index contributed by atoms with van der Waals surface area (Å²) in [5.41, 5.74) is 0.928. The Balaban J connectivity index is 3.06. The summed E-state index contributed by atoms with van der Waals surface area (Å²) >= 11 is 0. The first kappa shape index (κ1) is 15.2. The molecule has 1 aromatic rings. The van der Waals surface area contributed by atoms with Crippen molar-refractivity contribution in [1.29, 1.82) is 0 Å². The van der Waals surface area contributed by atoms with Gasteiger partial charge in [0.1, 0.15) is 6.10 Å². The van der Waals surface area contributed by atoms with Crippen molar-refractivity contribution in [2.45, 2.75) is 39.8 Å². The maximum Gasteiger partial charge on any atom is 0.302 e. The molecule has 0 bridgehead atoms. The van der Waals surface area contributed by atoms with Gasteiger partial charge in [0.2, 0.25) is 5.91 Å². The van der Waals surface area contributed by atoms with E-state index in [4.69, 9.17) is 4.74 Å². The van der Waals surface area contributed by atoms with Crippen molar-refractivity contribution in [2.24, 2.45) is 5.92 Å². The second kappa shape index (κ2) is 6.92. The lowest BCUT2D eigenvalue weighted by Crippen LogP contribution is -2.40. The number of carbonyl (C=O) groups excluding carboxylic acids is 2. The molecule has 0 aliphatic rings. The number of benzene rings is 1. The van der Waals surface area contributed by atoms with E-state index in [2.05, 4.69) is 5.32 Å². The highest BCUT2D eigenvalue weighted by Gasteiger charge is 2.29. The van der Waals surface area contributed by atoms with E-state index in [-0.39, 0.29) is 29.9 Å². The van der Waals surface area contributed by atoms with Gasteiger partial charge < -0.3 is 10.1 Å². The average molecular weight is 263 g/mol. The molecule has 19 heavy (non-hydrogen) atoms. The van der Waals surface area contributed by atoms with Crippen molar-refractivity contribution in [3.05, 3.63) is 35.9 Å². The van der Waals surface area contributed by atoms with Crippen LogP contribution in [0.15, 0.2) is 30.3 Å². The molecular formula is C15H21NO3. The lowest BCUT2D eigenvalue weighted by atomic mass is 9.93. The van der Waals surface area contributed by atoms with Gasteiger partial charge in [-0.05, 0) is 11.5 Å². The summed E-state index contributed by atoms with van der Waals surface area (Å²) in [6, 6.07) is 9.20. The predicted octanol–water partition coefficient (Wildman–Crippen LogP) is 2.45. The van der Waals surface area contributed by atoms with Crippen molar-refractivity contribution >= 4 is 11.9 Å². The van der Waals surface area contributed by atoms with E-state index in [0.717, 1.165) is 5.56 Å². The molecule has 104 valence electrons. The number of nitrogens with one attached hydrogen (secondary N) is 1. The fraction of sp³-hybridized carbons (Fsp3) is 0.467. The average Bonchev–Trinajstić information content (AvgIpc) is 2.33. The largest absolute Gasteiger partial charge is 0.460 e. The van der Waals surface area contributed by atoms with Gasteiger partial charge in [-0.3, -0.25) is 9.59 Å². The van der Waals surface area contributed by atoms with E-state index in [0.29, 0.717) is 0 Å². The van der Waals surface area contributed by atoms with Crippen LogP contribution in [-0.2, 0) is 14.3 Å². The zero-order valence-corrected chi connectivity index (χ0v) is 11.8. The van der Waals surface area contributed by atoms with Crippen LogP contribution in [0.2, 0.25) is 0 Å². The molecule has 2 atom stereocenters. The maximum atomic E-state index is 11.4. The van der Waals surface area contributed by atoms with Crippen molar-refractivity contribution in [3.8, 4) is 0 Å². The third-order valence-corrected chi connectivity index (χ3v) is 2.81. The van der Waals surface area contributed by atoms with E-state index in [1.807, 2.05) is 44.2 Å². The van der Waals surface area contributed by atoms with E-state index in [1.165, 1.54) is 13.8 Å². The second-order valence-electron chi connectivity index (χ2n) is 4.91. The van der Waals surface area contributed by atoms with Crippen LogP contribution in [0.25, 0.3) is 0 Å².